The van der Waals surface area contributed by atoms with Gasteiger partial charge in [0.1, 0.15) is 23.7 Å². The van der Waals surface area contributed by atoms with E-state index in [0.29, 0.717) is 39.3 Å². The lowest BCUT2D eigenvalue weighted by molar-refractivity contribution is -0.152. The summed E-state index contributed by atoms with van der Waals surface area (Å²) in [5.41, 5.74) is 7.73. The number of rotatable bonds is 25. The fourth-order valence-corrected chi connectivity index (χ4v) is 15.6. The van der Waals surface area contributed by atoms with Crippen molar-refractivity contribution in [3.8, 4) is 0 Å². The van der Waals surface area contributed by atoms with E-state index in [4.69, 9.17) is 29.4 Å². The number of carbonyl (C=O) groups is 5. The summed E-state index contributed by atoms with van der Waals surface area (Å²) in [6, 6.07) is 31.0. The molecule has 0 radical (unpaired) electrons. The fraction of sp³-hybridized carbons (Fsp3) is 0.554. The summed E-state index contributed by atoms with van der Waals surface area (Å²) >= 11 is 0. The first-order valence-corrected chi connectivity index (χ1v) is 33.5. The number of halogens is 1. The van der Waals surface area contributed by atoms with Crippen LogP contribution in [0.5, 0.6) is 0 Å². The third-order valence-corrected chi connectivity index (χ3v) is 20.6. The molecule has 6 atom stereocenters. The zero-order chi connectivity index (χ0) is 62.6. The number of nitrogens with one attached hydrogen (secondary N) is 1. The molecule has 3 amide bonds. The van der Waals surface area contributed by atoms with Crippen LogP contribution in [0.4, 0.5) is 4.79 Å². The van der Waals surface area contributed by atoms with Crippen LogP contribution < -0.4 is 11.1 Å². The number of methoxy groups -OCH3 is 2. The van der Waals surface area contributed by atoms with Crippen molar-refractivity contribution < 1.29 is 64.5 Å². The number of amides is 3. The van der Waals surface area contributed by atoms with E-state index in [1.807, 2.05) is 60.7 Å². The Balaban J connectivity index is 0.000000281. The summed E-state index contributed by atoms with van der Waals surface area (Å²) in [5, 5.41) is 2.81. The number of benzene rings is 4. The van der Waals surface area contributed by atoms with Gasteiger partial charge >= 0.3 is 18.0 Å². The number of sulfonamides is 2. The number of likely N-dealkylation sites (tertiary alicyclic amines) is 2. The Labute approximate surface area is 527 Å². The molecule has 4 aliphatic rings. The summed E-state index contributed by atoms with van der Waals surface area (Å²) in [6.07, 6.45) is 9.66. The van der Waals surface area contributed by atoms with Crippen molar-refractivity contribution in [2.45, 2.75) is 176 Å². The minimum absolute atomic E-state index is 0. The van der Waals surface area contributed by atoms with Crippen LogP contribution in [0.15, 0.2) is 131 Å². The predicted molar refractivity (Wildman–Crippen MR) is 335 cm³/mol. The number of alkyl carbamates (subject to hydrolysis) is 1. The average molecular weight is 1280 g/mol. The highest BCUT2D eigenvalue weighted by atomic mass is 35.5. The van der Waals surface area contributed by atoms with E-state index in [0.717, 1.165) is 75.3 Å². The van der Waals surface area contributed by atoms with Crippen LogP contribution in [0, 0.1) is 11.8 Å². The van der Waals surface area contributed by atoms with Gasteiger partial charge in [-0.15, -0.1) is 12.4 Å². The van der Waals surface area contributed by atoms with Gasteiger partial charge in [0.05, 0.1) is 43.3 Å². The van der Waals surface area contributed by atoms with Crippen LogP contribution >= 0.6 is 12.4 Å². The van der Waals surface area contributed by atoms with Crippen molar-refractivity contribution in [2.24, 2.45) is 17.6 Å². The Hall–Kier alpha value is -5.98. The van der Waals surface area contributed by atoms with Gasteiger partial charge in [0.15, 0.2) is 0 Å². The number of nitrogens with two attached hydrogens (primary N) is 1. The molecule has 2 saturated carbocycles. The molecule has 0 unspecified atom stereocenters. The van der Waals surface area contributed by atoms with Gasteiger partial charge in [-0.2, -0.15) is 8.61 Å². The zero-order valence-corrected chi connectivity index (χ0v) is 54.0. The van der Waals surface area contributed by atoms with Crippen LogP contribution in [0.1, 0.15) is 122 Å². The lowest BCUT2D eigenvalue weighted by Crippen LogP contribution is -2.56. The maximum absolute atomic E-state index is 14.4. The van der Waals surface area contributed by atoms with E-state index < -0.39 is 85.8 Å². The quantitative estimate of drug-likeness (QED) is 0.0358. The van der Waals surface area contributed by atoms with Crippen molar-refractivity contribution >= 4 is 62.3 Å². The molecule has 2 aliphatic heterocycles. The molecule has 4 fully saturated rings. The molecule has 20 nitrogen and oxygen atoms in total. The van der Waals surface area contributed by atoms with Gasteiger partial charge in [0.2, 0.25) is 31.9 Å². The number of ether oxygens (including phenoxy) is 5. The lowest BCUT2D eigenvalue weighted by atomic mass is 9.83. The van der Waals surface area contributed by atoms with Gasteiger partial charge in [-0.05, 0) is 119 Å². The molecule has 484 valence electrons. The number of carbonyl (C=O) groups excluding carboxylic acids is 5. The van der Waals surface area contributed by atoms with Gasteiger partial charge in [-0.25, -0.2) is 31.2 Å². The van der Waals surface area contributed by atoms with Gasteiger partial charge < -0.3 is 44.5 Å². The molecule has 88 heavy (non-hydrogen) atoms. The molecule has 2 aliphatic carbocycles. The third-order valence-electron chi connectivity index (χ3n) is 16.6. The smallest absolute Gasteiger partial charge is 0.408 e. The number of esters is 2. The van der Waals surface area contributed by atoms with Gasteiger partial charge in [0.25, 0.3) is 0 Å². The van der Waals surface area contributed by atoms with Crippen LogP contribution in [-0.4, -0.2) is 161 Å². The van der Waals surface area contributed by atoms with Crippen LogP contribution in [0.2, 0.25) is 0 Å². The first kappa shape index (κ1) is 71.1. The third kappa shape index (κ3) is 19.8. The molecule has 4 aromatic rings. The highest BCUT2D eigenvalue weighted by Gasteiger charge is 2.50. The van der Waals surface area contributed by atoms with Crippen molar-refractivity contribution in [3.63, 3.8) is 0 Å². The summed E-state index contributed by atoms with van der Waals surface area (Å²) in [6.45, 7) is 7.09. The first-order valence-electron chi connectivity index (χ1n) is 30.6. The second kappa shape index (κ2) is 34.3. The maximum Gasteiger partial charge on any atom is 0.408 e. The van der Waals surface area contributed by atoms with Gasteiger partial charge in [-0.1, -0.05) is 136 Å². The van der Waals surface area contributed by atoms with E-state index in [1.54, 1.807) is 69.3 Å². The summed E-state index contributed by atoms with van der Waals surface area (Å²) in [5.74, 6) is -2.03. The SMILES string of the molecule is COC(=O)[C@@H]1C[C@@H](N(CCCOCc2ccccc2)S(=O)(=O)c2ccccc2)CN1C(=O)[C@@H](N)C1CCCCC1.COC(=O)[C@@H]1C[C@@H](N(CCCOCc2ccccc2)S(=O)(=O)c2ccccc2)CN1C(=O)[C@@H](NC(=O)OC(C)(C)C)C1CCCCC1.Cl. The molecule has 2 heterocycles. The van der Waals surface area contributed by atoms with Crippen molar-refractivity contribution in [1.82, 2.24) is 23.7 Å². The Morgan fingerprint density at radius 1 is 0.568 bits per heavy atom. The normalized spacial score (nSPS) is 20.0. The zero-order valence-electron chi connectivity index (χ0n) is 51.5. The first-order chi connectivity index (χ1) is 41.7. The highest BCUT2D eigenvalue weighted by Crippen LogP contribution is 2.35. The van der Waals surface area contributed by atoms with Crippen molar-refractivity contribution in [2.75, 3.05) is 53.6 Å². The van der Waals surface area contributed by atoms with Crippen LogP contribution in [-0.2, 0) is 76.1 Å². The molecule has 0 bridgehead atoms. The largest absolute Gasteiger partial charge is 0.467 e. The molecule has 2 saturated heterocycles. The second-order valence-electron chi connectivity index (χ2n) is 23.9. The Morgan fingerprint density at radius 2 is 0.943 bits per heavy atom. The van der Waals surface area contributed by atoms with Crippen molar-refractivity contribution in [1.29, 1.82) is 0 Å². The van der Waals surface area contributed by atoms with E-state index in [2.05, 4.69) is 5.32 Å². The summed E-state index contributed by atoms with van der Waals surface area (Å²) in [7, 11) is -5.40. The fourth-order valence-electron chi connectivity index (χ4n) is 12.2. The molecule has 0 aromatic heterocycles. The maximum atomic E-state index is 14.4. The number of hydrogen-bond donors (Lipinski definition) is 2. The molecule has 8 rings (SSSR count). The molecular weight excluding hydrogens is 1190 g/mol. The van der Waals surface area contributed by atoms with Gasteiger partial charge in [-0.3, -0.25) is 9.59 Å². The number of nitrogens with zero attached hydrogens (tertiary/aromatic N) is 4. The molecule has 4 aromatic carbocycles. The predicted octanol–water partition coefficient (Wildman–Crippen LogP) is 8.66. The van der Waals surface area contributed by atoms with Gasteiger partial charge in [0, 0.05) is 51.5 Å². The van der Waals surface area contributed by atoms with Crippen LogP contribution in [0.25, 0.3) is 0 Å². The minimum Gasteiger partial charge on any atom is -0.467 e. The summed E-state index contributed by atoms with van der Waals surface area (Å²) < 4.78 is 86.0. The topological polar surface area (TPSA) is 251 Å². The van der Waals surface area contributed by atoms with E-state index >= 15 is 0 Å². The van der Waals surface area contributed by atoms with Crippen molar-refractivity contribution in [3.05, 3.63) is 132 Å². The number of hydrogen-bond acceptors (Lipinski definition) is 15. The Morgan fingerprint density at radius 3 is 1.33 bits per heavy atom. The molecule has 23 heteroatoms. The minimum atomic E-state index is -4.01. The van der Waals surface area contributed by atoms with Crippen LogP contribution in [0.3, 0.4) is 0 Å². The molecule has 3 N–H and O–H groups in total. The Bertz CT molecular complexity index is 3050. The van der Waals surface area contributed by atoms with E-state index in [-0.39, 0.29) is 79.0 Å². The highest BCUT2D eigenvalue weighted by molar-refractivity contribution is 7.89. The standard InChI is InChI=1S/C35H49N3O8S.C30H41N3O6S.ClH/c1-35(2,3)46-34(41)36-31(27-17-10-6-11-18-27)32(39)37-24-28(23-30(37)33(40)44-4)38(47(42,43)29-19-12-7-13-20-29)21-14-22-45-25-26-15-8-5-9-16-26;1-38-30(35)27-20-25(21-32(27)29(34)28(31)24-14-7-3-8-15-24)33(40(36,37)26-16-9-4-10-17-26)18-11-19-39-22-23-12-5-2-6-13-23;/h5,7-9,12-13,15-16,19-20,27-28,30-31H,6,10-11,14,17-18,21-25H2,1-4H3,(H,36,41);2,4-6,9-10,12-13,16-17,24-25,27-28H,3,7-8,11,14-15,18-22,31H2,1H3;1H/t28-,30+,31+;25-,27+,28+;/m11./s1. The van der Waals surface area contributed by atoms with E-state index in [9.17, 15) is 40.8 Å². The molecular formula is C65H91ClN6O14S2. The monoisotopic (exact) mass is 1280 g/mol. The van der Waals surface area contributed by atoms with E-state index in [1.165, 1.54) is 44.8 Å². The summed E-state index contributed by atoms with van der Waals surface area (Å²) in [4.78, 5) is 70.0. The lowest BCUT2D eigenvalue weighted by Gasteiger charge is -2.35. The average Bonchev–Trinajstić information content (AvgIpc) is 1.85. The second-order valence-corrected chi connectivity index (χ2v) is 27.7. The molecule has 0 spiro atoms. The Kier molecular flexibility index (Phi) is 27.7.